The van der Waals surface area contributed by atoms with Crippen LogP contribution in [0.3, 0.4) is 0 Å². The molecule has 14 heavy (non-hydrogen) atoms. The molecule has 0 aliphatic carbocycles. The summed E-state index contributed by atoms with van der Waals surface area (Å²) >= 11 is 0. The third kappa shape index (κ3) is 8.80. The van der Waals surface area contributed by atoms with Crippen LogP contribution in [-0.4, -0.2) is 63.2 Å². The van der Waals surface area contributed by atoms with Crippen molar-refractivity contribution in [3.63, 3.8) is 0 Å². The Balaban J connectivity index is 0. The number of hydrogen-bond donors (Lipinski definition) is 0. The van der Waals surface area contributed by atoms with Gasteiger partial charge in [-0.25, -0.2) is 0 Å². The summed E-state index contributed by atoms with van der Waals surface area (Å²) in [6.45, 7) is 11.0. The van der Waals surface area contributed by atoms with Gasteiger partial charge in [-0.2, -0.15) is 7.05 Å². The van der Waals surface area contributed by atoms with Crippen LogP contribution in [0.1, 0.15) is 13.8 Å². The second-order valence-electron chi connectivity index (χ2n) is 3.18. The summed E-state index contributed by atoms with van der Waals surface area (Å²) in [5.74, 6) is 0. The van der Waals surface area contributed by atoms with Gasteiger partial charge in [0.25, 0.3) is 0 Å². The first kappa shape index (κ1) is 17.9. The molecule has 0 N–H and O–H groups in total. The maximum absolute atomic E-state index is 4.09. The monoisotopic (exact) mass is 225 g/mol. The molecule has 0 atom stereocenters. The fourth-order valence-corrected chi connectivity index (χ4v) is 1.31. The maximum atomic E-state index is 4.09. The standard InChI is InChI=1S/C8H18N3.C2H6.K/c1-9-3-4-11-7-5-10(2)6-8-11;1-2;/h3-8H2,1-2H3;1-2H3;/q-1;;+1. The van der Waals surface area contributed by atoms with E-state index < -0.39 is 0 Å². The minimum atomic E-state index is 0. The first-order valence-corrected chi connectivity index (χ1v) is 5.29. The fraction of sp³-hybridized carbons (Fsp3) is 1.00. The first-order chi connectivity index (χ1) is 6.33. The van der Waals surface area contributed by atoms with E-state index in [9.17, 15) is 0 Å². The Hall–Kier alpha value is 1.52. The van der Waals surface area contributed by atoms with Gasteiger partial charge >= 0.3 is 51.4 Å². The second kappa shape index (κ2) is 12.6. The van der Waals surface area contributed by atoms with E-state index in [1.165, 1.54) is 26.2 Å². The quantitative estimate of drug-likeness (QED) is 0.532. The Kier molecular flexibility index (Phi) is 16.1. The summed E-state index contributed by atoms with van der Waals surface area (Å²) in [6.07, 6.45) is 0. The molecule has 0 aromatic rings. The summed E-state index contributed by atoms with van der Waals surface area (Å²) in [4.78, 5) is 4.85. The zero-order chi connectivity index (χ0) is 10.1. The van der Waals surface area contributed by atoms with Crippen LogP contribution in [0.25, 0.3) is 5.32 Å². The number of nitrogens with zero attached hydrogens (tertiary/aromatic N) is 3. The van der Waals surface area contributed by atoms with E-state index in [1.807, 2.05) is 20.9 Å². The van der Waals surface area contributed by atoms with E-state index in [2.05, 4.69) is 22.2 Å². The smallest absolute Gasteiger partial charge is 0.664 e. The van der Waals surface area contributed by atoms with Gasteiger partial charge in [-0.3, -0.25) is 0 Å². The summed E-state index contributed by atoms with van der Waals surface area (Å²) in [7, 11) is 4.07. The number of likely N-dealkylation sites (N-methyl/N-ethyl adjacent to an activating group) is 2. The Morgan fingerprint density at radius 2 is 1.57 bits per heavy atom. The molecule has 1 fully saturated rings. The van der Waals surface area contributed by atoms with Gasteiger partial charge in [0.05, 0.1) is 0 Å². The molecule has 0 unspecified atom stereocenters. The van der Waals surface area contributed by atoms with Crippen LogP contribution in [0.4, 0.5) is 0 Å². The van der Waals surface area contributed by atoms with Gasteiger partial charge in [0.15, 0.2) is 0 Å². The van der Waals surface area contributed by atoms with E-state index in [0.717, 1.165) is 13.1 Å². The molecule has 1 rings (SSSR count). The van der Waals surface area contributed by atoms with Crippen LogP contribution in [-0.2, 0) is 0 Å². The van der Waals surface area contributed by atoms with Crippen molar-refractivity contribution in [3.8, 4) is 0 Å². The average Bonchev–Trinajstić information content (AvgIpc) is 2.20. The SMILES string of the molecule is CC.C[N-]CCN1CCN(C)CC1.[K+]. The molecule has 3 nitrogen and oxygen atoms in total. The van der Waals surface area contributed by atoms with Gasteiger partial charge in [-0.05, 0) is 13.6 Å². The Morgan fingerprint density at radius 1 is 1.07 bits per heavy atom. The van der Waals surface area contributed by atoms with Crippen molar-refractivity contribution in [1.82, 2.24) is 9.80 Å². The van der Waals surface area contributed by atoms with Crippen LogP contribution in [0.2, 0.25) is 0 Å². The molecule has 1 saturated heterocycles. The molecule has 1 heterocycles. The molecular weight excluding hydrogens is 201 g/mol. The van der Waals surface area contributed by atoms with Crippen molar-refractivity contribution in [3.05, 3.63) is 5.32 Å². The van der Waals surface area contributed by atoms with Crippen LogP contribution >= 0.6 is 0 Å². The topological polar surface area (TPSA) is 20.6 Å². The molecule has 0 aromatic carbocycles. The molecule has 1 aliphatic heterocycles. The molecule has 0 spiro atoms. The second-order valence-corrected chi connectivity index (χ2v) is 3.18. The van der Waals surface area contributed by atoms with E-state index in [-0.39, 0.29) is 51.4 Å². The normalized spacial score (nSPS) is 18.0. The molecule has 0 amide bonds. The van der Waals surface area contributed by atoms with Crippen molar-refractivity contribution >= 4 is 0 Å². The zero-order valence-electron chi connectivity index (χ0n) is 10.6. The zero-order valence-corrected chi connectivity index (χ0v) is 13.7. The van der Waals surface area contributed by atoms with Gasteiger partial charge in [-0.1, -0.05) is 13.8 Å². The predicted octanol–water partition coefficient (Wildman–Crippen LogP) is -1.73. The van der Waals surface area contributed by atoms with Crippen molar-refractivity contribution in [1.29, 1.82) is 0 Å². The molecule has 80 valence electrons. The van der Waals surface area contributed by atoms with E-state index in [0.29, 0.717) is 0 Å². The van der Waals surface area contributed by atoms with Crippen LogP contribution in [0.5, 0.6) is 0 Å². The average molecular weight is 225 g/mol. The van der Waals surface area contributed by atoms with E-state index >= 15 is 0 Å². The first-order valence-electron chi connectivity index (χ1n) is 5.29. The summed E-state index contributed by atoms with van der Waals surface area (Å²) in [5, 5.41) is 4.09. The molecular formula is C10H24KN3. The van der Waals surface area contributed by atoms with Crippen LogP contribution in [0, 0.1) is 0 Å². The molecule has 0 bridgehead atoms. The Morgan fingerprint density at radius 3 is 2.00 bits per heavy atom. The molecule has 1 aliphatic rings. The number of hydrogen-bond acceptors (Lipinski definition) is 2. The van der Waals surface area contributed by atoms with Gasteiger partial charge in [0.2, 0.25) is 0 Å². The van der Waals surface area contributed by atoms with Crippen LogP contribution in [0.15, 0.2) is 0 Å². The number of rotatable bonds is 3. The van der Waals surface area contributed by atoms with Gasteiger partial charge < -0.3 is 15.1 Å². The molecule has 4 heteroatoms. The maximum Gasteiger partial charge on any atom is 1.00 e. The Labute approximate surface area is 132 Å². The largest absolute Gasteiger partial charge is 1.00 e. The molecule has 0 radical (unpaired) electrons. The minimum absolute atomic E-state index is 0. The third-order valence-electron chi connectivity index (χ3n) is 2.24. The van der Waals surface area contributed by atoms with Crippen LogP contribution < -0.4 is 51.4 Å². The fourth-order valence-electron chi connectivity index (χ4n) is 1.31. The summed E-state index contributed by atoms with van der Waals surface area (Å²) < 4.78 is 0. The van der Waals surface area contributed by atoms with Crippen molar-refractivity contribution < 1.29 is 51.4 Å². The van der Waals surface area contributed by atoms with Crippen molar-refractivity contribution in [2.75, 3.05) is 53.4 Å². The summed E-state index contributed by atoms with van der Waals surface area (Å²) in [6, 6.07) is 0. The van der Waals surface area contributed by atoms with E-state index in [1.54, 1.807) is 0 Å². The molecule has 0 saturated carbocycles. The van der Waals surface area contributed by atoms with Crippen molar-refractivity contribution in [2.24, 2.45) is 0 Å². The summed E-state index contributed by atoms with van der Waals surface area (Å²) in [5.41, 5.74) is 0. The minimum Gasteiger partial charge on any atom is -0.664 e. The number of piperazine rings is 1. The van der Waals surface area contributed by atoms with Gasteiger partial charge in [-0.15, -0.1) is 6.54 Å². The van der Waals surface area contributed by atoms with Gasteiger partial charge in [0, 0.05) is 26.2 Å². The Bertz CT molecular complexity index is 101. The molecule has 0 aromatic heterocycles. The van der Waals surface area contributed by atoms with Crippen molar-refractivity contribution in [2.45, 2.75) is 13.8 Å². The predicted molar refractivity (Wildman–Crippen MR) is 59.4 cm³/mol. The third-order valence-corrected chi connectivity index (χ3v) is 2.24. The van der Waals surface area contributed by atoms with E-state index in [4.69, 9.17) is 0 Å². The van der Waals surface area contributed by atoms with Gasteiger partial charge in [0.1, 0.15) is 0 Å².